The normalized spacial score (nSPS) is 20.4. The van der Waals surface area contributed by atoms with Crippen LogP contribution in [0, 0.1) is 0 Å². The molecule has 0 aliphatic heterocycles. The van der Waals surface area contributed by atoms with Gasteiger partial charge >= 0.3 is 5.97 Å². The van der Waals surface area contributed by atoms with E-state index in [0.717, 1.165) is 25.7 Å². The molecule has 0 unspecified atom stereocenters. The zero-order chi connectivity index (χ0) is 9.03. The highest BCUT2D eigenvalue weighted by molar-refractivity contribution is 5.85. The lowest BCUT2D eigenvalue weighted by molar-refractivity contribution is -0.139. The highest BCUT2D eigenvalue weighted by atomic mass is 35.5. The Hall–Kier alpha value is -0.280. The molecule has 2 N–H and O–H groups in total. The van der Waals surface area contributed by atoms with Crippen LogP contribution in [-0.2, 0) is 4.79 Å². The molecule has 0 saturated heterocycles. The van der Waals surface area contributed by atoms with E-state index < -0.39 is 5.97 Å². The average Bonchev–Trinajstić information content (AvgIpc) is 2.05. The molecule has 1 saturated carbocycles. The van der Waals surface area contributed by atoms with Gasteiger partial charge in [-0.05, 0) is 19.9 Å². The Balaban J connectivity index is 0.00000144. The van der Waals surface area contributed by atoms with Crippen molar-refractivity contribution in [2.75, 3.05) is 7.05 Å². The lowest BCUT2D eigenvalue weighted by atomic mass is 9.79. The number of nitrogens with one attached hydrogen (secondary N) is 1. The molecule has 0 radical (unpaired) electrons. The number of rotatable bonds is 3. The molecule has 0 atom stereocenters. The molecule has 1 aliphatic rings. The van der Waals surface area contributed by atoms with E-state index in [0.29, 0.717) is 0 Å². The van der Waals surface area contributed by atoms with Gasteiger partial charge in [0.05, 0.1) is 6.42 Å². The Bertz CT molecular complexity index is 167. The van der Waals surface area contributed by atoms with Crippen LogP contribution in [0.1, 0.15) is 38.5 Å². The molecule has 0 heterocycles. The largest absolute Gasteiger partial charge is 0.481 e. The Labute approximate surface area is 85.3 Å². The first-order valence-electron chi connectivity index (χ1n) is 4.59. The van der Waals surface area contributed by atoms with Crippen LogP contribution in [0.15, 0.2) is 0 Å². The van der Waals surface area contributed by atoms with Crippen LogP contribution in [0.4, 0.5) is 0 Å². The SMILES string of the molecule is CNC1(CC(=O)O)CCCCC1.Cl. The fourth-order valence-corrected chi connectivity index (χ4v) is 2.03. The molecule has 0 spiro atoms. The standard InChI is InChI=1S/C9H17NO2.ClH/c1-10-9(7-8(11)12)5-3-2-4-6-9;/h10H,2-7H2,1H3,(H,11,12);1H. The smallest absolute Gasteiger partial charge is 0.305 e. The van der Waals surface area contributed by atoms with Gasteiger partial charge in [0, 0.05) is 5.54 Å². The van der Waals surface area contributed by atoms with E-state index in [1.54, 1.807) is 0 Å². The van der Waals surface area contributed by atoms with Crippen LogP contribution in [0.2, 0.25) is 0 Å². The van der Waals surface area contributed by atoms with Gasteiger partial charge in [0.15, 0.2) is 0 Å². The first-order valence-corrected chi connectivity index (χ1v) is 4.59. The fourth-order valence-electron chi connectivity index (χ4n) is 2.03. The Morgan fingerprint density at radius 3 is 2.31 bits per heavy atom. The third-order valence-corrected chi connectivity index (χ3v) is 2.83. The molecule has 0 aromatic rings. The summed E-state index contributed by atoms with van der Waals surface area (Å²) in [7, 11) is 1.87. The first-order chi connectivity index (χ1) is 5.68. The second-order valence-corrected chi connectivity index (χ2v) is 3.66. The van der Waals surface area contributed by atoms with E-state index in [9.17, 15) is 4.79 Å². The maximum absolute atomic E-state index is 10.6. The molecule has 78 valence electrons. The van der Waals surface area contributed by atoms with Gasteiger partial charge in [-0.15, -0.1) is 12.4 Å². The number of carboxylic acid groups (broad SMARTS) is 1. The third kappa shape index (κ3) is 3.53. The van der Waals surface area contributed by atoms with Gasteiger partial charge in [0.1, 0.15) is 0 Å². The summed E-state index contributed by atoms with van der Waals surface area (Å²) in [5, 5.41) is 11.9. The van der Waals surface area contributed by atoms with Crippen molar-refractivity contribution in [2.45, 2.75) is 44.1 Å². The van der Waals surface area contributed by atoms with Gasteiger partial charge < -0.3 is 10.4 Å². The molecule has 1 fully saturated rings. The van der Waals surface area contributed by atoms with Crippen molar-refractivity contribution in [1.82, 2.24) is 5.32 Å². The van der Waals surface area contributed by atoms with Crippen molar-refractivity contribution in [3.8, 4) is 0 Å². The molecule has 0 aromatic carbocycles. The van der Waals surface area contributed by atoms with E-state index >= 15 is 0 Å². The van der Waals surface area contributed by atoms with Gasteiger partial charge in [-0.1, -0.05) is 19.3 Å². The third-order valence-electron chi connectivity index (χ3n) is 2.83. The molecular weight excluding hydrogens is 190 g/mol. The fraction of sp³-hybridized carbons (Fsp3) is 0.889. The molecule has 1 rings (SSSR count). The number of carboxylic acids is 1. The lowest BCUT2D eigenvalue weighted by Crippen LogP contribution is -2.46. The Kier molecular flexibility index (Phi) is 5.33. The number of hydrogen-bond acceptors (Lipinski definition) is 2. The molecular formula is C9H18ClNO2. The monoisotopic (exact) mass is 207 g/mol. The molecule has 0 amide bonds. The molecule has 0 bridgehead atoms. The first kappa shape index (κ1) is 12.7. The zero-order valence-electron chi connectivity index (χ0n) is 8.01. The van der Waals surface area contributed by atoms with Crippen molar-refractivity contribution in [3.63, 3.8) is 0 Å². The molecule has 4 heteroatoms. The van der Waals surface area contributed by atoms with E-state index in [2.05, 4.69) is 5.32 Å². The maximum Gasteiger partial charge on any atom is 0.305 e. The van der Waals surface area contributed by atoms with Gasteiger partial charge in [-0.25, -0.2) is 0 Å². The van der Waals surface area contributed by atoms with Crippen LogP contribution in [0.25, 0.3) is 0 Å². The minimum Gasteiger partial charge on any atom is -0.481 e. The minimum absolute atomic E-state index is 0. The quantitative estimate of drug-likeness (QED) is 0.742. The predicted molar refractivity (Wildman–Crippen MR) is 54.4 cm³/mol. The lowest BCUT2D eigenvalue weighted by Gasteiger charge is -2.35. The van der Waals surface area contributed by atoms with Gasteiger partial charge in [0.2, 0.25) is 0 Å². The second-order valence-electron chi connectivity index (χ2n) is 3.66. The minimum atomic E-state index is -0.689. The average molecular weight is 208 g/mol. The second kappa shape index (κ2) is 5.45. The predicted octanol–water partition coefficient (Wildman–Crippen LogP) is 1.81. The van der Waals surface area contributed by atoms with E-state index in [1.807, 2.05) is 7.05 Å². The van der Waals surface area contributed by atoms with Crippen LogP contribution in [0.5, 0.6) is 0 Å². The summed E-state index contributed by atoms with van der Waals surface area (Å²) >= 11 is 0. The number of halogens is 1. The van der Waals surface area contributed by atoms with Crippen LogP contribution in [-0.4, -0.2) is 23.7 Å². The zero-order valence-corrected chi connectivity index (χ0v) is 8.82. The summed E-state index contributed by atoms with van der Waals surface area (Å²) in [6.45, 7) is 0. The van der Waals surface area contributed by atoms with Crippen molar-refractivity contribution in [3.05, 3.63) is 0 Å². The summed E-state index contributed by atoms with van der Waals surface area (Å²) in [6, 6.07) is 0. The maximum atomic E-state index is 10.6. The van der Waals surface area contributed by atoms with E-state index in [4.69, 9.17) is 5.11 Å². The summed E-state index contributed by atoms with van der Waals surface area (Å²) in [5.41, 5.74) is -0.107. The van der Waals surface area contributed by atoms with Crippen LogP contribution < -0.4 is 5.32 Å². The van der Waals surface area contributed by atoms with Crippen molar-refractivity contribution < 1.29 is 9.90 Å². The van der Waals surface area contributed by atoms with Crippen LogP contribution >= 0.6 is 12.4 Å². The van der Waals surface area contributed by atoms with E-state index in [1.165, 1.54) is 6.42 Å². The highest BCUT2D eigenvalue weighted by Crippen LogP contribution is 2.30. The topological polar surface area (TPSA) is 49.3 Å². The summed E-state index contributed by atoms with van der Waals surface area (Å²) in [6.07, 6.45) is 5.86. The van der Waals surface area contributed by atoms with E-state index in [-0.39, 0.29) is 24.4 Å². The van der Waals surface area contributed by atoms with Gasteiger partial charge in [-0.3, -0.25) is 4.79 Å². The van der Waals surface area contributed by atoms with Crippen molar-refractivity contribution in [2.24, 2.45) is 0 Å². The summed E-state index contributed by atoms with van der Waals surface area (Å²) in [5.74, 6) is -0.689. The summed E-state index contributed by atoms with van der Waals surface area (Å²) < 4.78 is 0. The number of aliphatic carboxylic acids is 1. The molecule has 13 heavy (non-hydrogen) atoms. The highest BCUT2D eigenvalue weighted by Gasteiger charge is 2.32. The Morgan fingerprint density at radius 2 is 1.92 bits per heavy atom. The number of hydrogen-bond donors (Lipinski definition) is 2. The van der Waals surface area contributed by atoms with Crippen molar-refractivity contribution in [1.29, 1.82) is 0 Å². The Morgan fingerprint density at radius 1 is 1.38 bits per heavy atom. The summed E-state index contributed by atoms with van der Waals surface area (Å²) in [4.78, 5) is 10.6. The van der Waals surface area contributed by atoms with Crippen molar-refractivity contribution >= 4 is 18.4 Å². The van der Waals surface area contributed by atoms with Gasteiger partial charge in [-0.2, -0.15) is 0 Å². The number of carbonyl (C=O) groups is 1. The molecule has 1 aliphatic carbocycles. The van der Waals surface area contributed by atoms with Gasteiger partial charge in [0.25, 0.3) is 0 Å². The molecule has 3 nitrogen and oxygen atoms in total. The van der Waals surface area contributed by atoms with Crippen LogP contribution in [0.3, 0.4) is 0 Å². The molecule has 0 aromatic heterocycles.